The van der Waals surface area contributed by atoms with Crippen molar-refractivity contribution in [1.82, 2.24) is 25.3 Å². The molecule has 7 nitrogen and oxygen atoms in total. The molecule has 3 heterocycles. The Bertz CT molecular complexity index is 746. The average molecular weight is 329 g/mol. The maximum atomic E-state index is 12.4. The molecule has 2 aromatic heterocycles. The van der Waals surface area contributed by atoms with Gasteiger partial charge in [-0.15, -0.1) is 0 Å². The largest absolute Gasteiger partial charge is 0.369 e. The minimum atomic E-state index is -0.136. The molecule has 2 N–H and O–H groups in total. The molecule has 0 saturated heterocycles. The van der Waals surface area contributed by atoms with Gasteiger partial charge in [0.25, 0.3) is 5.91 Å². The molecule has 1 aliphatic heterocycles. The standard InChI is InChI=1S/C17H23N5O2/c1-10-9-13-15(11(2)24-10)19-20-16(13)17(23)18-6-8-22-7-5-14(21-22)12-3-4-12/h5,7,10-12H,3-4,6,8-9H2,1-2H3,(H,18,23)(H,19,20)/t10-,11+/m1/s1. The Hall–Kier alpha value is -2.15. The molecule has 2 aromatic rings. The van der Waals surface area contributed by atoms with E-state index in [0.29, 0.717) is 31.1 Å². The van der Waals surface area contributed by atoms with Crippen LogP contribution in [0.3, 0.4) is 0 Å². The summed E-state index contributed by atoms with van der Waals surface area (Å²) in [6, 6.07) is 2.08. The lowest BCUT2D eigenvalue weighted by molar-refractivity contribution is -0.00697. The molecule has 128 valence electrons. The van der Waals surface area contributed by atoms with Crippen LogP contribution in [0.25, 0.3) is 0 Å². The van der Waals surface area contributed by atoms with E-state index in [-0.39, 0.29) is 18.1 Å². The van der Waals surface area contributed by atoms with E-state index in [2.05, 4.69) is 26.7 Å². The van der Waals surface area contributed by atoms with E-state index < -0.39 is 0 Å². The van der Waals surface area contributed by atoms with Crippen molar-refractivity contribution in [2.24, 2.45) is 0 Å². The van der Waals surface area contributed by atoms with Gasteiger partial charge < -0.3 is 10.1 Å². The van der Waals surface area contributed by atoms with Crippen LogP contribution in [0, 0.1) is 0 Å². The van der Waals surface area contributed by atoms with E-state index in [1.165, 1.54) is 18.5 Å². The van der Waals surface area contributed by atoms with E-state index in [4.69, 9.17) is 4.74 Å². The Morgan fingerprint density at radius 1 is 1.46 bits per heavy atom. The molecule has 1 saturated carbocycles. The van der Waals surface area contributed by atoms with Crippen LogP contribution in [0.2, 0.25) is 0 Å². The van der Waals surface area contributed by atoms with Crippen LogP contribution in [-0.2, 0) is 17.7 Å². The molecule has 2 atom stereocenters. The van der Waals surface area contributed by atoms with Gasteiger partial charge in [0, 0.05) is 30.6 Å². The molecule has 0 spiro atoms. The molecule has 1 fully saturated rings. The summed E-state index contributed by atoms with van der Waals surface area (Å²) < 4.78 is 7.65. The van der Waals surface area contributed by atoms with Crippen molar-refractivity contribution in [1.29, 1.82) is 0 Å². The highest BCUT2D eigenvalue weighted by Gasteiger charge is 2.29. The van der Waals surface area contributed by atoms with Crippen LogP contribution >= 0.6 is 0 Å². The zero-order chi connectivity index (χ0) is 16.7. The van der Waals surface area contributed by atoms with Crippen LogP contribution in [0.4, 0.5) is 0 Å². The number of carbonyl (C=O) groups is 1. The van der Waals surface area contributed by atoms with Gasteiger partial charge >= 0.3 is 0 Å². The molecular formula is C17H23N5O2. The van der Waals surface area contributed by atoms with Gasteiger partial charge in [0.2, 0.25) is 0 Å². The van der Waals surface area contributed by atoms with Crippen LogP contribution in [-0.4, -0.2) is 38.5 Å². The monoisotopic (exact) mass is 329 g/mol. The van der Waals surface area contributed by atoms with Gasteiger partial charge in [0.05, 0.1) is 30.1 Å². The van der Waals surface area contributed by atoms with Crippen LogP contribution in [0.5, 0.6) is 0 Å². The van der Waals surface area contributed by atoms with Gasteiger partial charge in [-0.3, -0.25) is 14.6 Å². The first-order chi connectivity index (χ1) is 11.6. The Morgan fingerprint density at radius 2 is 2.29 bits per heavy atom. The first-order valence-electron chi connectivity index (χ1n) is 8.66. The Labute approximate surface area is 140 Å². The summed E-state index contributed by atoms with van der Waals surface area (Å²) in [6.07, 6.45) is 5.24. The predicted molar refractivity (Wildman–Crippen MR) is 87.8 cm³/mol. The number of nitrogens with one attached hydrogen (secondary N) is 2. The molecule has 0 bridgehead atoms. The summed E-state index contributed by atoms with van der Waals surface area (Å²) in [4.78, 5) is 12.4. The molecular weight excluding hydrogens is 306 g/mol. The molecule has 0 aromatic carbocycles. The Balaban J connectivity index is 1.36. The van der Waals surface area contributed by atoms with Crippen LogP contribution in [0.1, 0.15) is 66.2 Å². The summed E-state index contributed by atoms with van der Waals surface area (Å²) >= 11 is 0. The highest BCUT2D eigenvalue weighted by atomic mass is 16.5. The molecule has 0 radical (unpaired) electrons. The van der Waals surface area contributed by atoms with Crippen molar-refractivity contribution in [3.05, 3.63) is 34.9 Å². The molecule has 2 aliphatic rings. The summed E-state index contributed by atoms with van der Waals surface area (Å²) in [6.45, 7) is 5.20. The zero-order valence-corrected chi connectivity index (χ0v) is 14.1. The maximum Gasteiger partial charge on any atom is 0.272 e. The minimum absolute atomic E-state index is 0.0530. The highest BCUT2D eigenvalue weighted by molar-refractivity contribution is 5.94. The van der Waals surface area contributed by atoms with Crippen molar-refractivity contribution < 1.29 is 9.53 Å². The normalized spacial score (nSPS) is 23.1. The van der Waals surface area contributed by atoms with Crippen molar-refractivity contribution >= 4 is 5.91 Å². The fraction of sp³-hybridized carbons (Fsp3) is 0.588. The number of rotatable bonds is 5. The lowest BCUT2D eigenvalue weighted by Crippen LogP contribution is -2.30. The predicted octanol–water partition coefficient (Wildman–Crippen LogP) is 1.94. The molecule has 4 rings (SSSR count). The first-order valence-corrected chi connectivity index (χ1v) is 8.66. The topological polar surface area (TPSA) is 84.8 Å². The SMILES string of the molecule is C[C@@H]1Cc2c(C(=O)NCCn3ccc(C4CC4)n3)n[nH]c2[C@H](C)O1. The van der Waals surface area contributed by atoms with E-state index >= 15 is 0 Å². The third-order valence-electron chi connectivity index (χ3n) is 4.73. The lowest BCUT2D eigenvalue weighted by atomic mass is 9.99. The van der Waals surface area contributed by atoms with Crippen molar-refractivity contribution in [2.45, 2.75) is 57.8 Å². The number of carbonyl (C=O) groups excluding carboxylic acids is 1. The first kappa shape index (κ1) is 15.4. The molecule has 24 heavy (non-hydrogen) atoms. The Kier molecular flexibility index (Phi) is 3.88. The second-order valence-electron chi connectivity index (χ2n) is 6.79. The Morgan fingerprint density at radius 3 is 3.08 bits per heavy atom. The van der Waals surface area contributed by atoms with Gasteiger partial charge in [-0.25, -0.2) is 0 Å². The number of H-pyrrole nitrogens is 1. The number of aromatic nitrogens is 4. The van der Waals surface area contributed by atoms with Gasteiger partial charge in [-0.05, 0) is 32.8 Å². The van der Waals surface area contributed by atoms with Gasteiger partial charge in [0.15, 0.2) is 5.69 Å². The number of hydrogen-bond acceptors (Lipinski definition) is 4. The zero-order valence-electron chi connectivity index (χ0n) is 14.1. The number of ether oxygens (including phenoxy) is 1. The summed E-state index contributed by atoms with van der Waals surface area (Å²) in [5.74, 6) is 0.519. The van der Waals surface area contributed by atoms with Crippen molar-refractivity contribution in [2.75, 3.05) is 6.54 Å². The number of fused-ring (bicyclic) bond motifs is 1. The van der Waals surface area contributed by atoms with Gasteiger partial charge in [-0.2, -0.15) is 10.2 Å². The summed E-state index contributed by atoms with van der Waals surface area (Å²) in [7, 11) is 0. The van der Waals surface area contributed by atoms with E-state index in [9.17, 15) is 4.79 Å². The fourth-order valence-electron chi connectivity index (χ4n) is 3.33. The second-order valence-corrected chi connectivity index (χ2v) is 6.79. The smallest absolute Gasteiger partial charge is 0.272 e. The van der Waals surface area contributed by atoms with Crippen LogP contribution in [0.15, 0.2) is 12.3 Å². The number of amides is 1. The molecule has 7 heteroatoms. The summed E-state index contributed by atoms with van der Waals surface area (Å²) in [5, 5.41) is 14.7. The minimum Gasteiger partial charge on any atom is -0.369 e. The second kappa shape index (κ2) is 6.05. The molecule has 0 unspecified atom stereocenters. The molecule has 1 amide bonds. The third kappa shape index (κ3) is 2.96. The van der Waals surface area contributed by atoms with E-state index in [1.54, 1.807) is 0 Å². The average Bonchev–Trinajstić information content (AvgIpc) is 3.13. The van der Waals surface area contributed by atoms with Crippen LogP contribution < -0.4 is 5.32 Å². The van der Waals surface area contributed by atoms with E-state index in [1.807, 2.05) is 24.7 Å². The number of hydrogen-bond donors (Lipinski definition) is 2. The van der Waals surface area contributed by atoms with Crippen molar-refractivity contribution in [3.63, 3.8) is 0 Å². The molecule has 1 aliphatic carbocycles. The maximum absolute atomic E-state index is 12.4. The lowest BCUT2D eigenvalue weighted by Gasteiger charge is -2.25. The third-order valence-corrected chi connectivity index (χ3v) is 4.73. The van der Waals surface area contributed by atoms with Gasteiger partial charge in [-0.1, -0.05) is 0 Å². The highest BCUT2D eigenvalue weighted by Crippen LogP contribution is 2.38. The quantitative estimate of drug-likeness (QED) is 0.878. The van der Waals surface area contributed by atoms with Crippen molar-refractivity contribution in [3.8, 4) is 0 Å². The summed E-state index contributed by atoms with van der Waals surface area (Å²) in [5.41, 5.74) is 3.56. The number of aromatic amines is 1. The number of nitrogens with zero attached hydrogens (tertiary/aromatic N) is 3. The van der Waals surface area contributed by atoms with E-state index in [0.717, 1.165) is 11.3 Å². The van der Waals surface area contributed by atoms with Gasteiger partial charge in [0.1, 0.15) is 0 Å². The fourth-order valence-corrected chi connectivity index (χ4v) is 3.33.